The van der Waals surface area contributed by atoms with Crippen molar-refractivity contribution >= 4 is 57.1 Å². The van der Waals surface area contributed by atoms with E-state index in [0.29, 0.717) is 15.0 Å². The molecule has 0 bridgehead atoms. The van der Waals surface area contributed by atoms with Gasteiger partial charge in [0.2, 0.25) is 0 Å². The van der Waals surface area contributed by atoms with Crippen molar-refractivity contribution in [3.8, 4) is 0 Å². The summed E-state index contributed by atoms with van der Waals surface area (Å²) >= 11 is 2.18. The molecule has 5 nitrogen and oxygen atoms in total. The number of hydrogen-bond acceptors (Lipinski definition) is 5. The van der Waals surface area contributed by atoms with Gasteiger partial charge in [-0.1, -0.05) is 0 Å². The number of benzene rings is 3. The second-order valence-electron chi connectivity index (χ2n) is 7.48. The number of thiazole rings is 1. The molecule has 0 radical (unpaired) electrons. The zero-order valence-corrected chi connectivity index (χ0v) is 22.1. The number of rotatable bonds is 4. The Morgan fingerprint density at radius 2 is 1.54 bits per heavy atom. The summed E-state index contributed by atoms with van der Waals surface area (Å²) < 4.78 is 40.6. The maximum Gasteiger partial charge on any atom is -0.112 e. The molecule has 2 heterocycles. The normalized spacial score (nSPS) is 14.5. The molecule has 0 saturated heterocycles. The number of nitrogens with zero attached hydrogens (tertiary/aromatic N) is 1. The van der Waals surface area contributed by atoms with Gasteiger partial charge in [0.05, 0.1) is 0 Å². The number of para-hydroxylation sites is 1. The minimum atomic E-state index is -4.94. The largest absolute Gasteiger partial charge is 0.222 e. The van der Waals surface area contributed by atoms with Crippen LogP contribution in [-0.4, -0.2) is 15.0 Å². The average molecular weight is 571 g/mol. The Morgan fingerprint density at radius 1 is 0.886 bits per heavy atom. The van der Waals surface area contributed by atoms with Crippen molar-refractivity contribution in [2.75, 3.05) is 0 Å². The third-order valence-corrected chi connectivity index (χ3v) is 8.77. The summed E-state index contributed by atoms with van der Waals surface area (Å²) in [6.45, 7) is 3.19. The van der Waals surface area contributed by atoms with Gasteiger partial charge in [-0.3, -0.25) is 0 Å². The van der Waals surface area contributed by atoms with Gasteiger partial charge >= 0.3 is 188 Å². The fourth-order valence-corrected chi connectivity index (χ4v) is 7.27. The summed E-state index contributed by atoms with van der Waals surface area (Å²) in [5.41, 5.74) is 5.30. The van der Waals surface area contributed by atoms with E-state index in [2.05, 4.69) is 115 Å². The molecule has 0 saturated carbocycles. The number of aryl methyl sites for hydroxylation is 1. The van der Waals surface area contributed by atoms with Crippen molar-refractivity contribution < 1.29 is 33.4 Å². The molecule has 35 heavy (non-hydrogen) atoms. The van der Waals surface area contributed by atoms with Gasteiger partial charge in [0.15, 0.2) is 0 Å². The van der Waals surface area contributed by atoms with E-state index in [9.17, 15) is 0 Å². The Kier molecular flexibility index (Phi) is 8.34. The molecule has 1 aromatic heterocycles. The van der Waals surface area contributed by atoms with Crippen LogP contribution < -0.4 is 27.7 Å². The molecule has 0 aliphatic carbocycles. The second kappa shape index (κ2) is 11.4. The van der Waals surface area contributed by atoms with Crippen LogP contribution in [-0.2, 0) is 6.54 Å². The first kappa shape index (κ1) is 25.5. The molecular weight excluding hydrogens is 549 g/mol. The molecule has 0 spiro atoms. The second-order valence-corrected chi connectivity index (χ2v) is 11.6. The number of hydrogen-bond donors (Lipinski definition) is 0. The van der Waals surface area contributed by atoms with Crippen LogP contribution in [0.15, 0.2) is 97.1 Å². The van der Waals surface area contributed by atoms with Crippen molar-refractivity contribution in [3.05, 3.63) is 113 Å². The monoisotopic (exact) mass is 571 g/mol. The number of aromatic nitrogens is 1. The van der Waals surface area contributed by atoms with Crippen molar-refractivity contribution in [1.82, 2.24) is 0 Å². The molecule has 178 valence electrons. The zero-order valence-electron chi connectivity index (χ0n) is 18.8. The fourth-order valence-electron chi connectivity index (χ4n) is 3.78. The topological polar surface area (TPSA) is 96.1 Å². The van der Waals surface area contributed by atoms with Crippen molar-refractivity contribution in [3.63, 3.8) is 0 Å². The van der Waals surface area contributed by atoms with Gasteiger partial charge in [-0.25, -0.2) is 18.6 Å². The summed E-state index contributed by atoms with van der Waals surface area (Å²) in [7, 11) is -4.94. The molecule has 0 fully saturated rings. The third kappa shape index (κ3) is 6.76. The number of halogens is 1. The summed E-state index contributed by atoms with van der Waals surface area (Å²) in [6, 6.07) is 28.2. The minimum absolute atomic E-state index is 0.329. The van der Waals surface area contributed by atoms with Crippen LogP contribution >= 0.6 is 11.3 Å². The van der Waals surface area contributed by atoms with Gasteiger partial charge in [-0.05, 0) is 0 Å². The van der Waals surface area contributed by atoms with Gasteiger partial charge in [-0.15, -0.1) is 10.2 Å². The predicted octanol–water partition coefficient (Wildman–Crippen LogP) is 0.934. The standard InChI is InChI=1S/C27H22NSSe.ClHO4/c1-2-28-23-15-7-8-16-24(23)29-27(28)18-10-13-21-19-26(20-11-4-3-5-12-20)30-25-17-9-6-14-22(21)25;2-1(3,4)5/h3-19H,2H2,1H3;(H,2,3,4,5)/q+1;/p-1/b18-10+,21-13+;. The van der Waals surface area contributed by atoms with E-state index in [-0.39, 0.29) is 0 Å². The molecule has 0 N–H and O–H groups in total. The quantitative estimate of drug-likeness (QED) is 0.269. The summed E-state index contributed by atoms with van der Waals surface area (Å²) in [4.78, 5) is 0. The van der Waals surface area contributed by atoms with E-state index in [1.807, 2.05) is 11.3 Å². The molecule has 8 heteroatoms. The average Bonchev–Trinajstić information content (AvgIpc) is 3.20. The Bertz CT molecular complexity index is 1400. The van der Waals surface area contributed by atoms with Gasteiger partial charge < -0.3 is 0 Å². The van der Waals surface area contributed by atoms with E-state index in [0.717, 1.165) is 6.54 Å². The maximum absolute atomic E-state index is 8.49. The van der Waals surface area contributed by atoms with Crippen molar-refractivity contribution in [2.24, 2.45) is 0 Å². The van der Waals surface area contributed by atoms with Crippen LogP contribution in [0.2, 0.25) is 0 Å². The van der Waals surface area contributed by atoms with Gasteiger partial charge in [0.1, 0.15) is 0 Å². The van der Waals surface area contributed by atoms with Gasteiger partial charge in [-0.2, -0.15) is 0 Å². The Labute approximate surface area is 216 Å². The molecular formula is C27H22ClNO4SSe. The van der Waals surface area contributed by atoms with Crippen LogP contribution in [0.1, 0.15) is 23.1 Å². The summed E-state index contributed by atoms with van der Waals surface area (Å²) in [6.07, 6.45) is 9.10. The van der Waals surface area contributed by atoms with Crippen LogP contribution in [0.25, 0.3) is 26.3 Å². The first-order chi connectivity index (χ1) is 16.8. The van der Waals surface area contributed by atoms with Crippen LogP contribution in [0, 0.1) is 10.2 Å². The van der Waals surface area contributed by atoms with E-state index < -0.39 is 10.2 Å². The molecule has 0 atom stereocenters. The Hall–Kier alpha value is -2.58. The third-order valence-electron chi connectivity index (χ3n) is 5.23. The molecule has 5 rings (SSSR count). The molecule has 0 amide bonds. The summed E-state index contributed by atoms with van der Waals surface area (Å²) in [5, 5.41) is 1.29. The van der Waals surface area contributed by atoms with E-state index in [1.54, 1.807) is 0 Å². The Balaban J connectivity index is 0.000000527. The number of fused-ring (bicyclic) bond motifs is 2. The molecule has 1 aliphatic heterocycles. The van der Waals surface area contributed by atoms with Crippen LogP contribution in [0.5, 0.6) is 0 Å². The van der Waals surface area contributed by atoms with Gasteiger partial charge in [0, 0.05) is 0 Å². The van der Waals surface area contributed by atoms with Crippen LogP contribution in [0.4, 0.5) is 0 Å². The van der Waals surface area contributed by atoms with Gasteiger partial charge in [0.25, 0.3) is 0 Å². The first-order valence-corrected chi connectivity index (χ1v) is 14.6. The van der Waals surface area contributed by atoms with Crippen LogP contribution in [0.3, 0.4) is 0 Å². The van der Waals surface area contributed by atoms with E-state index in [4.69, 9.17) is 18.6 Å². The molecule has 3 aromatic carbocycles. The number of allylic oxidation sites excluding steroid dienone is 4. The predicted molar refractivity (Wildman–Crippen MR) is 131 cm³/mol. The Morgan fingerprint density at radius 3 is 2.29 bits per heavy atom. The van der Waals surface area contributed by atoms with Crippen molar-refractivity contribution in [1.29, 1.82) is 0 Å². The smallest absolute Gasteiger partial charge is 0.112 e. The SMILES string of the molecule is CC[n+]1c(/C=C/C=C2\C=C(c3ccccc3)[Se]c3ccccc32)sc2ccccc21.[O-][Cl+3]([O-])([O-])[O-]. The zero-order chi connectivity index (χ0) is 24.8. The summed E-state index contributed by atoms with van der Waals surface area (Å²) in [5.74, 6) is 0. The molecule has 1 aliphatic rings. The van der Waals surface area contributed by atoms with Crippen molar-refractivity contribution in [2.45, 2.75) is 13.5 Å². The maximum atomic E-state index is 8.49. The molecule has 4 aromatic rings. The first-order valence-electron chi connectivity index (χ1n) is 10.8. The van der Waals surface area contributed by atoms with E-state index >= 15 is 0 Å². The fraction of sp³-hybridized carbons (Fsp3) is 0.0741. The minimum Gasteiger partial charge on any atom is -0.222 e. The molecule has 0 unspecified atom stereocenters. The van der Waals surface area contributed by atoms with E-state index in [1.165, 1.54) is 40.9 Å².